The van der Waals surface area contributed by atoms with Gasteiger partial charge in [0.05, 0.1) is 18.6 Å². The van der Waals surface area contributed by atoms with E-state index in [0.29, 0.717) is 6.61 Å². The van der Waals surface area contributed by atoms with Gasteiger partial charge in [-0.15, -0.1) is 0 Å². The molecule has 1 aromatic heterocycles. The quantitative estimate of drug-likeness (QED) is 0.774. The Kier molecular flexibility index (Phi) is 2.41. The molecule has 4 nitrogen and oxygen atoms in total. The Hall–Kier alpha value is -1.81. The lowest BCUT2D eigenvalue weighted by molar-refractivity contribution is -0.180. The monoisotopic (exact) mass is 244 g/mol. The first-order valence-corrected chi connectivity index (χ1v) is 5.98. The van der Waals surface area contributed by atoms with E-state index in [2.05, 4.69) is 11.1 Å². The molecule has 3 rings (SSSR count). The summed E-state index contributed by atoms with van der Waals surface area (Å²) in [5.74, 6) is 0.352. The van der Waals surface area contributed by atoms with Crippen LogP contribution in [0.2, 0.25) is 0 Å². The number of hydrogen-bond donors (Lipinski definition) is 0. The van der Waals surface area contributed by atoms with Crippen LogP contribution in [0.4, 0.5) is 0 Å². The second-order valence-electron chi connectivity index (χ2n) is 5.04. The minimum atomic E-state index is -0.542. The molecule has 2 aromatic rings. The summed E-state index contributed by atoms with van der Waals surface area (Å²) in [7, 11) is 1.96. The van der Waals surface area contributed by atoms with Crippen LogP contribution < -0.4 is 4.74 Å². The van der Waals surface area contributed by atoms with Gasteiger partial charge in [0.1, 0.15) is 5.75 Å². The van der Waals surface area contributed by atoms with Crippen LogP contribution in [0, 0.1) is 0 Å². The van der Waals surface area contributed by atoms with E-state index in [1.165, 1.54) is 0 Å². The highest BCUT2D eigenvalue weighted by molar-refractivity contribution is 5.61. The molecular weight excluding hydrogens is 228 g/mol. The lowest BCUT2D eigenvalue weighted by Gasteiger charge is -2.32. The molecular formula is C14H16N2O2. The third-order valence-electron chi connectivity index (χ3n) is 2.99. The molecule has 0 unspecified atom stereocenters. The van der Waals surface area contributed by atoms with Crippen LogP contribution in [-0.4, -0.2) is 15.3 Å². The lowest BCUT2D eigenvalue weighted by atomic mass is 10.1. The minimum absolute atomic E-state index is 0.542. The Morgan fingerprint density at radius 1 is 1.33 bits per heavy atom. The van der Waals surface area contributed by atoms with Crippen molar-refractivity contribution >= 4 is 0 Å². The Morgan fingerprint density at radius 2 is 2.17 bits per heavy atom. The van der Waals surface area contributed by atoms with Crippen molar-refractivity contribution in [3.8, 4) is 17.0 Å². The summed E-state index contributed by atoms with van der Waals surface area (Å²) in [6, 6.07) is 6.10. The second-order valence-corrected chi connectivity index (χ2v) is 5.04. The number of imidazole rings is 1. The van der Waals surface area contributed by atoms with Gasteiger partial charge in [-0.3, -0.25) is 0 Å². The highest BCUT2D eigenvalue weighted by Gasteiger charge is 2.27. The first kappa shape index (κ1) is 11.3. The molecule has 0 spiro atoms. The predicted octanol–water partition coefficient (Wildman–Crippen LogP) is 2.73. The zero-order chi connectivity index (χ0) is 12.8. The van der Waals surface area contributed by atoms with E-state index in [1.807, 2.05) is 43.8 Å². The predicted molar refractivity (Wildman–Crippen MR) is 68.1 cm³/mol. The van der Waals surface area contributed by atoms with E-state index in [1.54, 1.807) is 6.33 Å². The third-order valence-corrected chi connectivity index (χ3v) is 2.99. The first-order valence-electron chi connectivity index (χ1n) is 5.98. The van der Waals surface area contributed by atoms with Crippen LogP contribution in [0.25, 0.3) is 11.3 Å². The maximum absolute atomic E-state index is 5.77. The normalized spacial score (nSPS) is 17.1. The minimum Gasteiger partial charge on any atom is -0.463 e. The lowest BCUT2D eigenvalue weighted by Crippen LogP contribution is -2.35. The summed E-state index contributed by atoms with van der Waals surface area (Å²) in [4.78, 5) is 4.34. The molecule has 0 saturated carbocycles. The summed E-state index contributed by atoms with van der Waals surface area (Å²) >= 11 is 0. The van der Waals surface area contributed by atoms with Crippen molar-refractivity contribution in [3.63, 3.8) is 0 Å². The van der Waals surface area contributed by atoms with Gasteiger partial charge >= 0.3 is 0 Å². The molecule has 1 aliphatic rings. The molecule has 1 aromatic carbocycles. The molecule has 2 heterocycles. The van der Waals surface area contributed by atoms with Crippen molar-refractivity contribution in [2.75, 3.05) is 0 Å². The van der Waals surface area contributed by atoms with E-state index in [4.69, 9.17) is 9.47 Å². The molecule has 0 atom stereocenters. The van der Waals surface area contributed by atoms with Crippen LogP contribution >= 0.6 is 0 Å². The van der Waals surface area contributed by atoms with Crippen molar-refractivity contribution < 1.29 is 9.47 Å². The Balaban J connectivity index is 1.97. The molecule has 0 amide bonds. The molecule has 0 bridgehead atoms. The summed E-state index contributed by atoms with van der Waals surface area (Å²) in [5, 5.41) is 0. The Bertz CT molecular complexity index is 587. The van der Waals surface area contributed by atoms with Crippen LogP contribution in [-0.2, 0) is 18.4 Å². The van der Waals surface area contributed by atoms with Crippen molar-refractivity contribution in [2.24, 2.45) is 7.05 Å². The van der Waals surface area contributed by atoms with Gasteiger partial charge in [0, 0.05) is 38.2 Å². The van der Waals surface area contributed by atoms with Crippen LogP contribution in [0.3, 0.4) is 0 Å². The average molecular weight is 244 g/mol. The van der Waals surface area contributed by atoms with Crippen LogP contribution in [0.1, 0.15) is 19.4 Å². The number of aromatic nitrogens is 2. The third kappa shape index (κ3) is 1.99. The zero-order valence-electron chi connectivity index (χ0n) is 10.8. The number of aryl methyl sites for hydroxylation is 1. The number of benzene rings is 1. The number of hydrogen-bond acceptors (Lipinski definition) is 3. The molecule has 0 fully saturated rings. The van der Waals surface area contributed by atoms with Gasteiger partial charge < -0.3 is 14.0 Å². The van der Waals surface area contributed by atoms with Crippen molar-refractivity contribution in [1.82, 2.24) is 9.55 Å². The van der Waals surface area contributed by atoms with Crippen LogP contribution in [0.15, 0.2) is 30.7 Å². The fourth-order valence-corrected chi connectivity index (χ4v) is 2.06. The van der Waals surface area contributed by atoms with Crippen molar-refractivity contribution in [3.05, 3.63) is 36.3 Å². The van der Waals surface area contributed by atoms with Gasteiger partial charge in [-0.25, -0.2) is 4.98 Å². The van der Waals surface area contributed by atoms with Gasteiger partial charge in [-0.05, 0) is 18.2 Å². The Labute approximate surface area is 106 Å². The van der Waals surface area contributed by atoms with Gasteiger partial charge in [0.15, 0.2) is 0 Å². The fourth-order valence-electron chi connectivity index (χ4n) is 2.06. The van der Waals surface area contributed by atoms with Gasteiger partial charge in [0.25, 0.3) is 0 Å². The van der Waals surface area contributed by atoms with Crippen molar-refractivity contribution in [2.45, 2.75) is 26.2 Å². The molecule has 0 aliphatic carbocycles. The summed E-state index contributed by atoms with van der Waals surface area (Å²) < 4.78 is 13.3. The molecule has 0 radical (unpaired) electrons. The highest BCUT2D eigenvalue weighted by atomic mass is 16.7. The van der Waals surface area contributed by atoms with E-state index < -0.39 is 5.79 Å². The van der Waals surface area contributed by atoms with Gasteiger partial charge in [-0.2, -0.15) is 0 Å². The molecule has 0 N–H and O–H groups in total. The summed E-state index contributed by atoms with van der Waals surface area (Å²) in [5.41, 5.74) is 3.11. The number of fused-ring (bicyclic) bond motifs is 1. The highest BCUT2D eigenvalue weighted by Crippen LogP contribution is 2.33. The summed E-state index contributed by atoms with van der Waals surface area (Å²) in [6.07, 6.45) is 3.79. The fraction of sp³-hybridized carbons (Fsp3) is 0.357. The topological polar surface area (TPSA) is 36.3 Å². The molecule has 4 heteroatoms. The molecule has 18 heavy (non-hydrogen) atoms. The SMILES string of the molecule is Cn1cnc(-c2ccc3c(c2)COC(C)(C)O3)c1. The van der Waals surface area contributed by atoms with E-state index >= 15 is 0 Å². The first-order chi connectivity index (χ1) is 8.53. The van der Waals surface area contributed by atoms with Gasteiger partial charge in [-0.1, -0.05) is 0 Å². The number of rotatable bonds is 1. The van der Waals surface area contributed by atoms with E-state index in [9.17, 15) is 0 Å². The maximum Gasteiger partial charge on any atom is 0.205 e. The second kappa shape index (κ2) is 3.85. The Morgan fingerprint density at radius 3 is 2.89 bits per heavy atom. The van der Waals surface area contributed by atoms with Crippen LogP contribution in [0.5, 0.6) is 5.75 Å². The standard InChI is InChI=1S/C14H16N2O2/c1-14(2)17-8-11-6-10(4-5-13(11)18-14)12-7-16(3)9-15-12/h4-7,9H,8H2,1-3H3. The average Bonchev–Trinajstić information content (AvgIpc) is 2.74. The molecule has 0 saturated heterocycles. The smallest absolute Gasteiger partial charge is 0.205 e. The molecule has 94 valence electrons. The largest absolute Gasteiger partial charge is 0.463 e. The molecule has 1 aliphatic heterocycles. The van der Waals surface area contributed by atoms with Crippen molar-refractivity contribution in [1.29, 1.82) is 0 Å². The van der Waals surface area contributed by atoms with E-state index in [-0.39, 0.29) is 0 Å². The number of ether oxygens (including phenoxy) is 2. The summed E-state index contributed by atoms with van der Waals surface area (Å²) in [6.45, 7) is 4.41. The van der Waals surface area contributed by atoms with Gasteiger partial charge in [0.2, 0.25) is 5.79 Å². The maximum atomic E-state index is 5.77. The zero-order valence-corrected chi connectivity index (χ0v) is 10.8. The number of nitrogens with zero attached hydrogens (tertiary/aromatic N) is 2. The van der Waals surface area contributed by atoms with E-state index in [0.717, 1.165) is 22.6 Å².